The van der Waals surface area contributed by atoms with Crippen LogP contribution in [0, 0.1) is 6.92 Å². The monoisotopic (exact) mass is 258 g/mol. The second-order valence-electron chi connectivity index (χ2n) is 4.24. The van der Waals surface area contributed by atoms with E-state index in [1.807, 2.05) is 5.38 Å². The lowest BCUT2D eigenvalue weighted by Crippen LogP contribution is -1.97. The molecule has 2 heterocycles. The molecule has 0 bridgehead atoms. The molecule has 0 amide bonds. The highest BCUT2D eigenvalue weighted by Crippen LogP contribution is 2.27. The first-order valence-electron chi connectivity index (χ1n) is 5.87. The summed E-state index contributed by atoms with van der Waals surface area (Å²) in [5.74, 6) is 0.894. The van der Waals surface area contributed by atoms with Gasteiger partial charge in [-0.1, -0.05) is 6.07 Å². The summed E-state index contributed by atoms with van der Waals surface area (Å²) in [4.78, 5) is 9.00. The first kappa shape index (κ1) is 11.2. The van der Waals surface area contributed by atoms with E-state index in [1.54, 1.807) is 0 Å². The van der Waals surface area contributed by atoms with Gasteiger partial charge in [-0.25, -0.2) is 9.97 Å². The summed E-state index contributed by atoms with van der Waals surface area (Å²) in [5, 5.41) is 2.53. The van der Waals surface area contributed by atoms with Crippen LogP contribution in [-0.2, 0) is 6.54 Å². The Kier molecular flexibility index (Phi) is 2.56. The van der Waals surface area contributed by atoms with Crippen molar-refractivity contribution in [3.05, 3.63) is 29.1 Å². The zero-order valence-corrected chi connectivity index (χ0v) is 11.2. The fraction of sp³-hybridized carbons (Fsp3) is 0.231. The maximum absolute atomic E-state index is 5.70. The lowest BCUT2D eigenvalue weighted by atomic mass is 10.2. The normalized spacial score (nSPS) is 11.2. The van der Waals surface area contributed by atoms with E-state index >= 15 is 0 Å². The average molecular weight is 258 g/mol. The highest BCUT2D eigenvalue weighted by Gasteiger charge is 2.13. The van der Waals surface area contributed by atoms with Crippen LogP contribution in [0.15, 0.2) is 23.6 Å². The number of nitrogens with two attached hydrogens (primary N) is 1. The number of thiazole rings is 1. The van der Waals surface area contributed by atoms with Crippen molar-refractivity contribution in [1.82, 2.24) is 14.5 Å². The number of imidazole rings is 1. The largest absolute Gasteiger partial charge is 0.375 e. The Hall–Kier alpha value is -1.88. The van der Waals surface area contributed by atoms with Crippen molar-refractivity contribution in [3.63, 3.8) is 0 Å². The van der Waals surface area contributed by atoms with Gasteiger partial charge in [-0.15, -0.1) is 11.3 Å². The second kappa shape index (κ2) is 4.10. The van der Waals surface area contributed by atoms with Crippen molar-refractivity contribution in [2.45, 2.75) is 20.4 Å². The summed E-state index contributed by atoms with van der Waals surface area (Å²) < 4.78 is 2.17. The smallest absolute Gasteiger partial charge is 0.180 e. The molecular weight excluding hydrogens is 244 g/mol. The number of aryl methyl sites for hydroxylation is 2. The minimum Gasteiger partial charge on any atom is -0.375 e. The van der Waals surface area contributed by atoms with Crippen molar-refractivity contribution in [2.24, 2.45) is 0 Å². The predicted octanol–water partition coefficient (Wildman–Crippen LogP) is 3.07. The Balaban J connectivity index is 2.28. The maximum atomic E-state index is 5.70. The molecule has 5 heteroatoms. The molecule has 4 nitrogen and oxygen atoms in total. The zero-order chi connectivity index (χ0) is 12.7. The van der Waals surface area contributed by atoms with Gasteiger partial charge in [0.15, 0.2) is 11.0 Å². The number of fused-ring (bicyclic) bond motifs is 1. The number of nitrogen functional groups attached to an aromatic ring is 1. The van der Waals surface area contributed by atoms with E-state index in [9.17, 15) is 0 Å². The summed E-state index contributed by atoms with van der Waals surface area (Å²) in [6.45, 7) is 5.05. The molecule has 0 aliphatic rings. The molecule has 0 atom stereocenters. The molecular formula is C13H14N4S. The number of aromatic nitrogens is 3. The Morgan fingerprint density at radius 3 is 2.83 bits per heavy atom. The molecule has 18 heavy (non-hydrogen) atoms. The van der Waals surface area contributed by atoms with Crippen molar-refractivity contribution in [2.75, 3.05) is 5.73 Å². The quantitative estimate of drug-likeness (QED) is 0.768. The van der Waals surface area contributed by atoms with E-state index in [0.29, 0.717) is 5.13 Å². The topological polar surface area (TPSA) is 56.7 Å². The Morgan fingerprint density at radius 1 is 1.33 bits per heavy atom. The standard InChI is InChI=1S/C13H14N4S/c1-3-17-11-5-4-8(2)6-9(11)15-12(17)10-7-18-13(14)16-10/h4-7H,3H2,1-2H3,(H2,14,16). The molecule has 2 N–H and O–H groups in total. The summed E-state index contributed by atoms with van der Waals surface area (Å²) >= 11 is 1.44. The van der Waals surface area contributed by atoms with E-state index in [0.717, 1.165) is 29.1 Å². The van der Waals surface area contributed by atoms with Gasteiger partial charge in [0.05, 0.1) is 11.0 Å². The summed E-state index contributed by atoms with van der Waals surface area (Å²) in [6.07, 6.45) is 0. The highest BCUT2D eigenvalue weighted by atomic mass is 32.1. The first-order valence-corrected chi connectivity index (χ1v) is 6.75. The second-order valence-corrected chi connectivity index (χ2v) is 5.13. The molecule has 0 saturated carbocycles. The molecule has 0 aliphatic carbocycles. The summed E-state index contributed by atoms with van der Waals surface area (Å²) in [7, 11) is 0. The van der Waals surface area contributed by atoms with Crippen molar-refractivity contribution in [3.8, 4) is 11.5 Å². The maximum Gasteiger partial charge on any atom is 0.180 e. The highest BCUT2D eigenvalue weighted by molar-refractivity contribution is 7.13. The van der Waals surface area contributed by atoms with Crippen molar-refractivity contribution < 1.29 is 0 Å². The molecule has 0 fully saturated rings. The number of anilines is 1. The van der Waals surface area contributed by atoms with Crippen LogP contribution in [0.1, 0.15) is 12.5 Å². The van der Waals surface area contributed by atoms with Gasteiger partial charge in [0.25, 0.3) is 0 Å². The van der Waals surface area contributed by atoms with E-state index in [1.165, 1.54) is 16.9 Å². The summed E-state index contributed by atoms with van der Waals surface area (Å²) in [5.41, 5.74) is 9.92. The van der Waals surface area contributed by atoms with Gasteiger partial charge in [-0.3, -0.25) is 0 Å². The molecule has 0 spiro atoms. The molecule has 92 valence electrons. The van der Waals surface area contributed by atoms with Gasteiger partial charge in [0.1, 0.15) is 5.69 Å². The van der Waals surface area contributed by atoms with Gasteiger partial charge in [0.2, 0.25) is 0 Å². The van der Waals surface area contributed by atoms with Crippen molar-refractivity contribution >= 4 is 27.5 Å². The minimum absolute atomic E-state index is 0.580. The minimum atomic E-state index is 0.580. The number of rotatable bonds is 2. The molecule has 0 saturated heterocycles. The third kappa shape index (κ3) is 1.67. The zero-order valence-electron chi connectivity index (χ0n) is 10.3. The van der Waals surface area contributed by atoms with Crippen LogP contribution in [-0.4, -0.2) is 14.5 Å². The summed E-state index contributed by atoms with van der Waals surface area (Å²) in [6, 6.07) is 6.32. The molecule has 0 unspecified atom stereocenters. The molecule has 1 aromatic carbocycles. The Bertz CT molecular complexity index is 711. The van der Waals surface area contributed by atoms with E-state index in [-0.39, 0.29) is 0 Å². The van der Waals surface area contributed by atoms with E-state index < -0.39 is 0 Å². The fourth-order valence-corrected chi connectivity index (χ4v) is 2.69. The molecule has 0 aliphatic heterocycles. The average Bonchev–Trinajstić information content (AvgIpc) is 2.91. The first-order chi connectivity index (χ1) is 8.69. The van der Waals surface area contributed by atoms with E-state index in [2.05, 4.69) is 46.6 Å². The van der Waals surface area contributed by atoms with Gasteiger partial charge in [-0.05, 0) is 31.5 Å². The van der Waals surface area contributed by atoms with Crippen LogP contribution in [0.3, 0.4) is 0 Å². The van der Waals surface area contributed by atoms with Crippen LogP contribution in [0.5, 0.6) is 0 Å². The van der Waals surface area contributed by atoms with Gasteiger partial charge < -0.3 is 10.3 Å². The van der Waals surface area contributed by atoms with E-state index in [4.69, 9.17) is 5.73 Å². The number of benzene rings is 1. The third-order valence-electron chi connectivity index (χ3n) is 2.97. The van der Waals surface area contributed by atoms with Crippen LogP contribution >= 0.6 is 11.3 Å². The van der Waals surface area contributed by atoms with Crippen molar-refractivity contribution in [1.29, 1.82) is 0 Å². The van der Waals surface area contributed by atoms with Crippen LogP contribution < -0.4 is 5.73 Å². The van der Waals surface area contributed by atoms with Crippen LogP contribution in [0.4, 0.5) is 5.13 Å². The molecule has 3 aromatic rings. The Morgan fingerprint density at radius 2 is 2.17 bits per heavy atom. The molecule has 0 radical (unpaired) electrons. The lowest BCUT2D eigenvalue weighted by molar-refractivity contribution is 0.794. The Labute approximate surface area is 109 Å². The van der Waals surface area contributed by atoms with Gasteiger partial charge in [0, 0.05) is 11.9 Å². The number of nitrogens with zero attached hydrogens (tertiary/aromatic N) is 3. The van der Waals surface area contributed by atoms with Crippen LogP contribution in [0.25, 0.3) is 22.6 Å². The SMILES string of the molecule is CCn1c(-c2csc(N)n2)nc2cc(C)ccc21. The third-order valence-corrected chi connectivity index (χ3v) is 3.64. The fourth-order valence-electron chi connectivity index (χ4n) is 2.15. The van der Waals surface area contributed by atoms with Gasteiger partial charge >= 0.3 is 0 Å². The molecule has 3 rings (SSSR count). The number of hydrogen-bond acceptors (Lipinski definition) is 4. The lowest BCUT2D eigenvalue weighted by Gasteiger charge is -2.03. The molecule has 2 aromatic heterocycles. The number of hydrogen-bond donors (Lipinski definition) is 1. The van der Waals surface area contributed by atoms with Crippen LogP contribution in [0.2, 0.25) is 0 Å². The predicted molar refractivity (Wildman–Crippen MR) is 75.7 cm³/mol. The van der Waals surface area contributed by atoms with Gasteiger partial charge in [-0.2, -0.15) is 0 Å².